The summed E-state index contributed by atoms with van der Waals surface area (Å²) in [6.07, 6.45) is 5.04. The molecule has 0 N–H and O–H groups in total. The van der Waals surface area contributed by atoms with Crippen LogP contribution in [0.5, 0.6) is 0 Å². The summed E-state index contributed by atoms with van der Waals surface area (Å²) in [7, 11) is 1.65. The van der Waals surface area contributed by atoms with Crippen LogP contribution in [0.25, 0.3) is 16.9 Å². The maximum atomic E-state index is 14.2. The van der Waals surface area contributed by atoms with Gasteiger partial charge in [0.1, 0.15) is 11.5 Å². The number of para-hydroxylation sites is 1. The Morgan fingerprint density at radius 3 is 2.67 bits per heavy atom. The third-order valence-electron chi connectivity index (χ3n) is 4.66. The summed E-state index contributed by atoms with van der Waals surface area (Å²) in [5.74, 6) is -0.610. The SMILES string of the molecule is CN(Cc1cc(Br)ccc1F)C(=O)c1cn(-c2ccccc2)nc1-c1cccnc1. The fourth-order valence-electron chi connectivity index (χ4n) is 3.16. The number of hydrogen-bond donors (Lipinski definition) is 0. The number of aromatic nitrogens is 3. The van der Waals surface area contributed by atoms with Gasteiger partial charge in [0, 0.05) is 47.8 Å². The van der Waals surface area contributed by atoms with Gasteiger partial charge in [-0.3, -0.25) is 9.78 Å². The fraction of sp³-hybridized carbons (Fsp3) is 0.0870. The van der Waals surface area contributed by atoms with Crippen LogP contribution in [0.15, 0.2) is 83.7 Å². The molecule has 0 saturated carbocycles. The van der Waals surface area contributed by atoms with E-state index in [-0.39, 0.29) is 18.3 Å². The topological polar surface area (TPSA) is 51.0 Å². The number of rotatable bonds is 5. The van der Waals surface area contributed by atoms with Crippen molar-refractivity contribution in [3.63, 3.8) is 0 Å². The van der Waals surface area contributed by atoms with E-state index in [4.69, 9.17) is 0 Å². The fourth-order valence-corrected chi connectivity index (χ4v) is 3.57. The number of nitrogens with zero attached hydrogens (tertiary/aromatic N) is 4. The largest absolute Gasteiger partial charge is 0.337 e. The van der Waals surface area contributed by atoms with Crippen molar-refractivity contribution in [2.24, 2.45) is 0 Å². The highest BCUT2D eigenvalue weighted by atomic mass is 79.9. The quantitative estimate of drug-likeness (QED) is 0.412. The summed E-state index contributed by atoms with van der Waals surface area (Å²) in [6.45, 7) is 0.132. The lowest BCUT2D eigenvalue weighted by Crippen LogP contribution is -2.26. The first kappa shape index (κ1) is 20.0. The van der Waals surface area contributed by atoms with Crippen LogP contribution in [-0.4, -0.2) is 32.6 Å². The molecule has 2 aromatic heterocycles. The van der Waals surface area contributed by atoms with E-state index in [1.54, 1.807) is 48.5 Å². The highest BCUT2D eigenvalue weighted by Crippen LogP contribution is 2.25. The minimum Gasteiger partial charge on any atom is -0.337 e. The molecule has 2 aromatic carbocycles. The molecule has 30 heavy (non-hydrogen) atoms. The molecular weight excluding hydrogens is 447 g/mol. The molecule has 4 aromatic rings. The lowest BCUT2D eigenvalue weighted by Gasteiger charge is -2.18. The van der Waals surface area contributed by atoms with Crippen LogP contribution in [-0.2, 0) is 6.54 Å². The van der Waals surface area contributed by atoms with Crippen LogP contribution >= 0.6 is 15.9 Å². The molecule has 0 bridgehead atoms. The van der Waals surface area contributed by atoms with Crippen molar-refractivity contribution in [3.8, 4) is 16.9 Å². The van der Waals surface area contributed by atoms with Crippen molar-refractivity contribution in [2.75, 3.05) is 7.05 Å². The third-order valence-corrected chi connectivity index (χ3v) is 5.16. The van der Waals surface area contributed by atoms with Crippen LogP contribution in [0.3, 0.4) is 0 Å². The standard InChI is InChI=1S/C23H18BrFN4O/c1-28(14-17-12-18(24)9-10-21(17)25)23(30)20-15-29(19-7-3-2-4-8-19)27-22(20)16-6-5-11-26-13-16/h2-13,15H,14H2,1H3. The Balaban J connectivity index is 1.72. The zero-order valence-electron chi connectivity index (χ0n) is 16.2. The summed E-state index contributed by atoms with van der Waals surface area (Å²) in [6, 6.07) is 17.9. The van der Waals surface area contributed by atoms with Gasteiger partial charge in [-0.2, -0.15) is 5.10 Å². The van der Waals surface area contributed by atoms with Crippen molar-refractivity contribution >= 4 is 21.8 Å². The molecule has 0 aliphatic rings. The van der Waals surface area contributed by atoms with Gasteiger partial charge >= 0.3 is 0 Å². The van der Waals surface area contributed by atoms with E-state index in [0.29, 0.717) is 16.8 Å². The van der Waals surface area contributed by atoms with Crippen molar-refractivity contribution in [3.05, 3.63) is 101 Å². The first-order valence-electron chi connectivity index (χ1n) is 9.28. The van der Waals surface area contributed by atoms with Gasteiger partial charge < -0.3 is 4.90 Å². The smallest absolute Gasteiger partial charge is 0.257 e. The minimum atomic E-state index is -0.356. The highest BCUT2D eigenvalue weighted by molar-refractivity contribution is 9.10. The predicted molar refractivity (Wildman–Crippen MR) is 117 cm³/mol. The summed E-state index contributed by atoms with van der Waals surface area (Å²) >= 11 is 3.35. The van der Waals surface area contributed by atoms with Crippen molar-refractivity contribution in [2.45, 2.75) is 6.54 Å². The lowest BCUT2D eigenvalue weighted by atomic mass is 10.1. The molecule has 0 aliphatic heterocycles. The van der Waals surface area contributed by atoms with Gasteiger partial charge in [0.05, 0.1) is 11.3 Å². The van der Waals surface area contributed by atoms with Gasteiger partial charge in [-0.15, -0.1) is 0 Å². The molecule has 0 fully saturated rings. The van der Waals surface area contributed by atoms with E-state index >= 15 is 0 Å². The second-order valence-corrected chi connectivity index (χ2v) is 7.73. The van der Waals surface area contributed by atoms with E-state index in [0.717, 1.165) is 15.7 Å². The molecule has 5 nitrogen and oxygen atoms in total. The van der Waals surface area contributed by atoms with Gasteiger partial charge in [0.2, 0.25) is 0 Å². The Bertz CT molecular complexity index is 1180. The Morgan fingerprint density at radius 2 is 1.93 bits per heavy atom. The number of hydrogen-bond acceptors (Lipinski definition) is 3. The molecule has 2 heterocycles. The average molecular weight is 465 g/mol. The van der Waals surface area contributed by atoms with Crippen LogP contribution in [0.1, 0.15) is 15.9 Å². The zero-order chi connectivity index (χ0) is 21.1. The van der Waals surface area contributed by atoms with Crippen LogP contribution in [0, 0.1) is 5.82 Å². The Labute approximate surface area is 181 Å². The molecule has 7 heteroatoms. The number of carbonyl (C=O) groups excluding carboxylic acids is 1. The molecule has 150 valence electrons. The minimum absolute atomic E-state index is 0.132. The molecule has 0 atom stereocenters. The third kappa shape index (κ3) is 4.16. The number of benzene rings is 2. The molecule has 0 unspecified atom stereocenters. The Morgan fingerprint density at radius 1 is 1.13 bits per heavy atom. The molecule has 0 saturated heterocycles. The number of halogens is 2. The first-order chi connectivity index (χ1) is 14.5. The van der Waals surface area contributed by atoms with Crippen molar-refractivity contribution < 1.29 is 9.18 Å². The molecule has 0 radical (unpaired) electrons. The lowest BCUT2D eigenvalue weighted by molar-refractivity contribution is 0.0784. The van der Waals surface area contributed by atoms with Crippen LogP contribution < -0.4 is 0 Å². The van der Waals surface area contributed by atoms with E-state index in [2.05, 4.69) is 26.0 Å². The van der Waals surface area contributed by atoms with Crippen LogP contribution in [0.2, 0.25) is 0 Å². The second-order valence-electron chi connectivity index (χ2n) is 6.81. The normalized spacial score (nSPS) is 10.8. The molecule has 4 rings (SSSR count). The van der Waals surface area contributed by atoms with Gasteiger partial charge in [-0.05, 0) is 42.5 Å². The van der Waals surface area contributed by atoms with Crippen molar-refractivity contribution in [1.82, 2.24) is 19.7 Å². The number of pyridine rings is 1. The number of carbonyl (C=O) groups is 1. The molecule has 1 amide bonds. The van der Waals surface area contributed by atoms with Gasteiger partial charge in [-0.1, -0.05) is 34.1 Å². The molecule has 0 aliphatic carbocycles. The molecule has 0 spiro atoms. The van der Waals surface area contributed by atoms with Gasteiger partial charge in [0.15, 0.2) is 0 Å². The second kappa shape index (κ2) is 8.59. The first-order valence-corrected chi connectivity index (χ1v) is 10.1. The van der Waals surface area contributed by atoms with Crippen LogP contribution in [0.4, 0.5) is 4.39 Å². The maximum Gasteiger partial charge on any atom is 0.257 e. The van der Waals surface area contributed by atoms with Gasteiger partial charge in [0.25, 0.3) is 5.91 Å². The molecular formula is C23H18BrFN4O. The summed E-state index contributed by atoms with van der Waals surface area (Å²) < 4.78 is 16.6. The monoisotopic (exact) mass is 464 g/mol. The predicted octanol–water partition coefficient (Wildman–Crippen LogP) is 5.11. The number of amides is 1. The van der Waals surface area contributed by atoms with E-state index in [9.17, 15) is 9.18 Å². The summed E-state index contributed by atoms with van der Waals surface area (Å²) in [4.78, 5) is 18.9. The maximum absolute atomic E-state index is 14.2. The van der Waals surface area contributed by atoms with E-state index < -0.39 is 0 Å². The van der Waals surface area contributed by atoms with Crippen molar-refractivity contribution in [1.29, 1.82) is 0 Å². The van der Waals surface area contributed by atoms with E-state index in [1.165, 1.54) is 11.0 Å². The Kier molecular flexibility index (Phi) is 5.72. The summed E-state index contributed by atoms with van der Waals surface area (Å²) in [5.41, 5.74) is 2.95. The summed E-state index contributed by atoms with van der Waals surface area (Å²) in [5, 5.41) is 4.64. The average Bonchev–Trinajstić information content (AvgIpc) is 3.22. The van der Waals surface area contributed by atoms with E-state index in [1.807, 2.05) is 36.4 Å². The Hall–Kier alpha value is -3.32. The highest BCUT2D eigenvalue weighted by Gasteiger charge is 2.22. The van der Waals surface area contributed by atoms with Gasteiger partial charge in [-0.25, -0.2) is 9.07 Å². The zero-order valence-corrected chi connectivity index (χ0v) is 17.8.